The van der Waals surface area contributed by atoms with E-state index in [1.807, 2.05) is 5.43 Å². The Labute approximate surface area is 204 Å². The number of carboxylic acid groups (broad SMARTS) is 1. The number of ether oxygens (including phenoxy) is 1. The minimum absolute atomic E-state index is 0.121. The second-order valence-electron chi connectivity index (χ2n) is 7.42. The molecule has 3 aromatic carbocycles. The van der Waals surface area contributed by atoms with Gasteiger partial charge in [-0.3, -0.25) is 20.4 Å². The van der Waals surface area contributed by atoms with Gasteiger partial charge < -0.3 is 9.84 Å². The van der Waals surface area contributed by atoms with Gasteiger partial charge in [0.05, 0.1) is 7.11 Å². The average molecular weight is 489 g/mol. The topological polar surface area (TPSA) is 135 Å². The number of aromatic nitrogens is 2. The summed E-state index contributed by atoms with van der Waals surface area (Å²) in [6.07, 6.45) is -1.50. The van der Waals surface area contributed by atoms with Gasteiger partial charge in [-0.05, 0) is 42.0 Å². The third kappa shape index (κ3) is 5.14. The van der Waals surface area contributed by atoms with E-state index in [1.165, 1.54) is 25.3 Å². The van der Waals surface area contributed by atoms with Crippen molar-refractivity contribution >= 4 is 17.9 Å². The van der Waals surface area contributed by atoms with Crippen LogP contribution in [-0.2, 0) is 0 Å². The molecule has 0 fully saturated rings. The first-order valence-corrected chi connectivity index (χ1v) is 10.6. The van der Waals surface area contributed by atoms with Crippen LogP contribution in [0.3, 0.4) is 0 Å². The maximum atomic E-state index is 14.1. The fourth-order valence-corrected chi connectivity index (χ4v) is 3.52. The molecule has 3 amide bonds. The van der Waals surface area contributed by atoms with Gasteiger partial charge in [-0.15, -0.1) is 0 Å². The lowest BCUT2D eigenvalue weighted by atomic mass is 9.98. The molecule has 4 aromatic rings. The minimum atomic E-state index is -1.50. The van der Waals surface area contributed by atoms with E-state index in [0.29, 0.717) is 22.4 Å². The van der Waals surface area contributed by atoms with Gasteiger partial charge in [0.15, 0.2) is 5.69 Å². The van der Waals surface area contributed by atoms with Crippen LogP contribution in [0, 0.1) is 5.82 Å². The molecule has 36 heavy (non-hydrogen) atoms. The number of amides is 3. The Bertz CT molecular complexity index is 1440. The second kappa shape index (κ2) is 10.4. The van der Waals surface area contributed by atoms with Crippen LogP contribution < -0.4 is 21.0 Å². The molecule has 182 valence electrons. The standard InChI is InChI=1S/C25H20FN5O5/c1-36-19-12-6-9-16(14-19)20-21(17-10-5-11-18(26)13-17)29-31(30-25(34)35)22(20)24(33)28-27-23(32)15-7-3-2-4-8-15/h2-14,30H,1H3,(H,27,32)(H,28,33)(H,34,35). The van der Waals surface area contributed by atoms with Crippen molar-refractivity contribution in [1.29, 1.82) is 0 Å². The van der Waals surface area contributed by atoms with Crippen LogP contribution in [-0.4, -0.2) is 40.0 Å². The molecule has 1 aromatic heterocycles. The molecule has 4 rings (SSSR count). The smallest absolute Gasteiger partial charge is 0.425 e. The minimum Gasteiger partial charge on any atom is -0.497 e. The normalized spacial score (nSPS) is 10.4. The Hall–Kier alpha value is -5.19. The Morgan fingerprint density at radius 1 is 0.889 bits per heavy atom. The SMILES string of the molecule is COc1cccc(-c2c(-c3cccc(F)c3)nn(NC(=O)O)c2C(=O)NNC(=O)c2ccccc2)c1. The lowest BCUT2D eigenvalue weighted by Crippen LogP contribution is -2.43. The van der Waals surface area contributed by atoms with E-state index in [9.17, 15) is 23.9 Å². The van der Waals surface area contributed by atoms with Crippen LogP contribution in [0.4, 0.5) is 9.18 Å². The van der Waals surface area contributed by atoms with Gasteiger partial charge in [0, 0.05) is 16.7 Å². The summed E-state index contributed by atoms with van der Waals surface area (Å²) >= 11 is 0. The molecule has 0 unspecified atom stereocenters. The predicted molar refractivity (Wildman–Crippen MR) is 128 cm³/mol. The van der Waals surface area contributed by atoms with E-state index < -0.39 is 23.7 Å². The number of methoxy groups -OCH3 is 1. The van der Waals surface area contributed by atoms with Gasteiger partial charge in [-0.1, -0.05) is 42.5 Å². The monoisotopic (exact) mass is 489 g/mol. The number of carbonyl (C=O) groups is 3. The Morgan fingerprint density at radius 3 is 2.28 bits per heavy atom. The van der Waals surface area contributed by atoms with Crippen molar-refractivity contribution in [2.45, 2.75) is 0 Å². The first kappa shape index (κ1) is 24.0. The molecule has 0 spiro atoms. The van der Waals surface area contributed by atoms with Crippen LogP contribution in [0.15, 0.2) is 78.9 Å². The summed E-state index contributed by atoms with van der Waals surface area (Å²) in [5.74, 6) is -1.55. The van der Waals surface area contributed by atoms with Gasteiger partial charge in [-0.2, -0.15) is 9.89 Å². The number of nitrogens with zero attached hydrogens (tertiary/aromatic N) is 2. The van der Waals surface area contributed by atoms with Crippen molar-refractivity contribution in [2.75, 3.05) is 12.5 Å². The van der Waals surface area contributed by atoms with Crippen molar-refractivity contribution < 1.29 is 28.6 Å². The first-order chi connectivity index (χ1) is 17.4. The largest absolute Gasteiger partial charge is 0.497 e. The zero-order valence-electron chi connectivity index (χ0n) is 18.9. The molecule has 0 saturated heterocycles. The number of benzene rings is 3. The maximum absolute atomic E-state index is 14.1. The molecule has 4 N–H and O–H groups in total. The summed E-state index contributed by atoms with van der Waals surface area (Å²) in [5.41, 5.74) is 7.70. The summed E-state index contributed by atoms with van der Waals surface area (Å²) in [6, 6.07) is 20.3. The number of rotatable bonds is 6. The van der Waals surface area contributed by atoms with Gasteiger partial charge >= 0.3 is 6.09 Å². The molecular formula is C25H20FN5O5. The van der Waals surface area contributed by atoms with Crippen LogP contribution in [0.2, 0.25) is 0 Å². The lowest BCUT2D eigenvalue weighted by molar-refractivity contribution is 0.0842. The number of nitrogens with one attached hydrogen (secondary N) is 3. The zero-order chi connectivity index (χ0) is 25.7. The van der Waals surface area contributed by atoms with Crippen LogP contribution in [0.25, 0.3) is 22.4 Å². The number of carbonyl (C=O) groups excluding carboxylic acids is 2. The fraction of sp³-hybridized carbons (Fsp3) is 0.0400. The summed E-state index contributed by atoms with van der Waals surface area (Å²) in [7, 11) is 1.47. The molecule has 0 radical (unpaired) electrons. The fourth-order valence-electron chi connectivity index (χ4n) is 3.52. The number of hydrogen-bond donors (Lipinski definition) is 4. The number of hydrazine groups is 1. The molecule has 10 nitrogen and oxygen atoms in total. The number of halogens is 1. The Balaban J connectivity index is 1.84. The highest BCUT2D eigenvalue weighted by Gasteiger charge is 2.28. The lowest BCUT2D eigenvalue weighted by Gasteiger charge is -2.12. The van der Waals surface area contributed by atoms with Gasteiger partial charge in [0.1, 0.15) is 17.3 Å². The molecular weight excluding hydrogens is 469 g/mol. The zero-order valence-corrected chi connectivity index (χ0v) is 18.9. The van der Waals surface area contributed by atoms with Crippen LogP contribution in [0.1, 0.15) is 20.8 Å². The second-order valence-corrected chi connectivity index (χ2v) is 7.42. The van der Waals surface area contributed by atoms with E-state index in [1.54, 1.807) is 60.7 Å². The first-order valence-electron chi connectivity index (χ1n) is 10.6. The third-order valence-corrected chi connectivity index (χ3v) is 5.08. The van der Waals surface area contributed by atoms with Crippen LogP contribution in [0.5, 0.6) is 5.75 Å². The van der Waals surface area contributed by atoms with E-state index in [2.05, 4.69) is 16.0 Å². The predicted octanol–water partition coefficient (Wildman–Crippen LogP) is 3.66. The molecule has 0 saturated carbocycles. The van der Waals surface area contributed by atoms with E-state index in [0.717, 1.165) is 4.79 Å². The van der Waals surface area contributed by atoms with Crippen LogP contribution >= 0.6 is 0 Å². The van der Waals surface area contributed by atoms with Crippen molar-refractivity contribution in [1.82, 2.24) is 20.7 Å². The van der Waals surface area contributed by atoms with Crippen molar-refractivity contribution in [3.63, 3.8) is 0 Å². The molecule has 0 atom stereocenters. The quantitative estimate of drug-likeness (QED) is 0.306. The molecule has 0 aliphatic heterocycles. The van der Waals surface area contributed by atoms with Crippen molar-refractivity contribution in [3.05, 3.63) is 95.9 Å². The Kier molecular flexibility index (Phi) is 6.91. The van der Waals surface area contributed by atoms with Gasteiger partial charge in [0.25, 0.3) is 11.8 Å². The highest BCUT2D eigenvalue weighted by atomic mass is 19.1. The average Bonchev–Trinajstić information content (AvgIpc) is 3.26. The number of hydrogen-bond acceptors (Lipinski definition) is 5. The Morgan fingerprint density at radius 2 is 1.58 bits per heavy atom. The van der Waals surface area contributed by atoms with Crippen molar-refractivity contribution in [3.8, 4) is 28.1 Å². The summed E-state index contributed by atoms with van der Waals surface area (Å²) in [6.45, 7) is 0. The molecule has 0 aliphatic carbocycles. The molecule has 0 bridgehead atoms. The van der Waals surface area contributed by atoms with E-state index >= 15 is 0 Å². The van der Waals surface area contributed by atoms with E-state index in [4.69, 9.17) is 4.74 Å². The maximum Gasteiger partial charge on any atom is 0.425 e. The summed E-state index contributed by atoms with van der Waals surface area (Å²) in [4.78, 5) is 38.0. The van der Waals surface area contributed by atoms with E-state index in [-0.39, 0.29) is 17.0 Å². The highest BCUT2D eigenvalue weighted by molar-refractivity contribution is 6.05. The highest BCUT2D eigenvalue weighted by Crippen LogP contribution is 2.36. The van der Waals surface area contributed by atoms with Gasteiger partial charge in [-0.25, -0.2) is 14.6 Å². The van der Waals surface area contributed by atoms with Gasteiger partial charge in [0.2, 0.25) is 0 Å². The summed E-state index contributed by atoms with van der Waals surface area (Å²) in [5, 5.41) is 13.6. The third-order valence-electron chi connectivity index (χ3n) is 5.08. The molecule has 0 aliphatic rings. The van der Waals surface area contributed by atoms with Crippen molar-refractivity contribution in [2.24, 2.45) is 0 Å². The molecule has 11 heteroatoms. The molecule has 1 heterocycles. The summed E-state index contributed by atoms with van der Waals surface area (Å²) < 4.78 is 19.3.